The predicted molar refractivity (Wildman–Crippen MR) is 160 cm³/mol. The summed E-state index contributed by atoms with van der Waals surface area (Å²) in [5, 5.41) is 10.7. The fourth-order valence-electron chi connectivity index (χ4n) is 5.17. The lowest BCUT2D eigenvalue weighted by Crippen LogP contribution is -1.97. The van der Waals surface area contributed by atoms with Gasteiger partial charge in [-0.05, 0) is 59.2 Å². The van der Waals surface area contributed by atoms with Gasteiger partial charge in [0.15, 0.2) is 0 Å². The molecule has 0 aliphatic carbocycles. The third-order valence-corrected chi connectivity index (χ3v) is 7.08. The van der Waals surface area contributed by atoms with Crippen LogP contribution in [0, 0.1) is 0 Å². The van der Waals surface area contributed by atoms with Gasteiger partial charge in [-0.1, -0.05) is 78.9 Å². The Kier molecular flexibility index (Phi) is 5.87. The molecule has 0 bridgehead atoms. The molecule has 0 fully saturated rings. The largest absolute Gasteiger partial charge is 0.506 e. The number of aromatic nitrogens is 4. The first-order valence-corrected chi connectivity index (χ1v) is 13.1. The van der Waals surface area contributed by atoms with E-state index in [1.165, 1.54) is 6.20 Å². The summed E-state index contributed by atoms with van der Waals surface area (Å²) in [5.74, 6) is 0.741. The van der Waals surface area contributed by atoms with Crippen LogP contribution in [-0.2, 0) is 0 Å². The second kappa shape index (κ2) is 9.97. The van der Waals surface area contributed by atoms with Crippen LogP contribution in [0.3, 0.4) is 0 Å². The van der Waals surface area contributed by atoms with Gasteiger partial charge in [-0.2, -0.15) is 0 Å². The fourth-order valence-corrected chi connectivity index (χ4v) is 5.17. The van der Waals surface area contributed by atoms with Crippen LogP contribution in [0.1, 0.15) is 0 Å². The summed E-state index contributed by atoms with van der Waals surface area (Å²) in [6.07, 6.45) is 4.98. The van der Waals surface area contributed by atoms with Gasteiger partial charge in [-0.15, -0.1) is 0 Å². The third-order valence-electron chi connectivity index (χ3n) is 7.08. The molecule has 7 rings (SSSR count). The van der Waals surface area contributed by atoms with Crippen molar-refractivity contribution in [1.82, 2.24) is 19.5 Å². The van der Waals surface area contributed by atoms with E-state index in [1.54, 1.807) is 12.3 Å². The molecule has 3 aromatic heterocycles. The maximum absolute atomic E-state index is 10.7. The maximum Gasteiger partial charge on any atom is 0.149 e. The van der Waals surface area contributed by atoms with E-state index in [2.05, 4.69) is 75.2 Å². The molecule has 7 aromatic rings. The minimum Gasteiger partial charge on any atom is -0.506 e. The van der Waals surface area contributed by atoms with Gasteiger partial charge in [-0.3, -0.25) is 14.5 Å². The molecule has 0 saturated heterocycles. The zero-order valence-corrected chi connectivity index (χ0v) is 21.5. The molecule has 1 N–H and O–H groups in total. The molecular weight excluding hydrogens is 492 g/mol. The average Bonchev–Trinajstić information content (AvgIpc) is 3.42. The van der Waals surface area contributed by atoms with Crippen molar-refractivity contribution in [3.05, 3.63) is 140 Å². The minimum absolute atomic E-state index is 0.0860. The van der Waals surface area contributed by atoms with Gasteiger partial charge in [0.05, 0.1) is 28.5 Å². The van der Waals surface area contributed by atoms with Crippen LogP contribution in [0.25, 0.3) is 61.6 Å². The molecule has 0 saturated carbocycles. The van der Waals surface area contributed by atoms with E-state index >= 15 is 0 Å². The first-order valence-electron chi connectivity index (χ1n) is 13.1. The predicted octanol–water partition coefficient (Wildman–Crippen LogP) is 8.19. The molecule has 5 heteroatoms. The van der Waals surface area contributed by atoms with E-state index in [4.69, 9.17) is 4.98 Å². The van der Waals surface area contributed by atoms with Crippen LogP contribution in [0.4, 0.5) is 0 Å². The van der Waals surface area contributed by atoms with E-state index in [0.29, 0.717) is 11.4 Å². The Labute approximate surface area is 231 Å². The van der Waals surface area contributed by atoms with E-state index in [1.807, 2.05) is 60.8 Å². The maximum atomic E-state index is 10.7. The molecule has 0 aliphatic rings. The molecule has 0 spiro atoms. The van der Waals surface area contributed by atoms with Gasteiger partial charge in [0, 0.05) is 29.2 Å². The smallest absolute Gasteiger partial charge is 0.149 e. The number of para-hydroxylation sites is 2. The van der Waals surface area contributed by atoms with Crippen molar-refractivity contribution in [1.29, 1.82) is 0 Å². The van der Waals surface area contributed by atoms with Crippen molar-refractivity contribution in [3.8, 4) is 56.3 Å². The Morgan fingerprint density at radius 1 is 0.575 bits per heavy atom. The SMILES string of the molecule is Oc1cnccc1-c1nc2c(-c3cccc(-c4cc(-c5ccccc5)ccn4)c3)cccc2n1-c1ccccc1. The molecule has 0 aliphatic heterocycles. The van der Waals surface area contributed by atoms with Gasteiger partial charge < -0.3 is 5.11 Å². The number of benzene rings is 4. The quantitative estimate of drug-likeness (QED) is 0.250. The zero-order valence-electron chi connectivity index (χ0n) is 21.5. The summed E-state index contributed by atoms with van der Waals surface area (Å²) in [7, 11) is 0. The Bertz CT molecular complexity index is 1960. The number of hydrogen-bond acceptors (Lipinski definition) is 4. The molecule has 40 heavy (non-hydrogen) atoms. The van der Waals surface area contributed by atoms with Crippen LogP contribution in [-0.4, -0.2) is 24.6 Å². The molecule has 0 unspecified atom stereocenters. The van der Waals surface area contributed by atoms with Crippen LogP contribution in [0.2, 0.25) is 0 Å². The van der Waals surface area contributed by atoms with E-state index in [-0.39, 0.29) is 5.75 Å². The lowest BCUT2D eigenvalue weighted by atomic mass is 9.99. The van der Waals surface area contributed by atoms with E-state index in [0.717, 1.165) is 50.2 Å². The highest BCUT2D eigenvalue weighted by Gasteiger charge is 2.19. The topological polar surface area (TPSA) is 63.8 Å². The molecule has 0 atom stereocenters. The molecule has 3 heterocycles. The van der Waals surface area contributed by atoms with Crippen molar-refractivity contribution in [2.24, 2.45) is 0 Å². The number of nitrogens with zero attached hydrogens (tertiary/aromatic N) is 4. The number of imidazole rings is 1. The second-order valence-corrected chi connectivity index (χ2v) is 9.55. The van der Waals surface area contributed by atoms with E-state index in [9.17, 15) is 5.11 Å². The Morgan fingerprint density at radius 3 is 2.15 bits per heavy atom. The standard InChI is InChI=1S/C35H24N4O/c40-33-23-36-19-18-30(33)35-38-34-29(15-8-16-32(34)39(35)28-13-5-2-6-14-28)26-11-7-12-27(21-26)31-22-25(17-20-37-31)24-9-3-1-4-10-24/h1-23,40H. The van der Waals surface area contributed by atoms with Crippen LogP contribution in [0.5, 0.6) is 5.75 Å². The van der Waals surface area contributed by atoms with Crippen molar-refractivity contribution in [2.45, 2.75) is 0 Å². The summed E-state index contributed by atoms with van der Waals surface area (Å²) in [6, 6.07) is 41.0. The third kappa shape index (κ3) is 4.20. The molecule has 190 valence electrons. The fraction of sp³-hybridized carbons (Fsp3) is 0. The number of fused-ring (bicyclic) bond motifs is 1. The Balaban J connectivity index is 1.40. The number of pyridine rings is 2. The summed E-state index contributed by atoms with van der Waals surface area (Å²) in [6.45, 7) is 0. The number of rotatable bonds is 5. The summed E-state index contributed by atoms with van der Waals surface area (Å²) >= 11 is 0. The minimum atomic E-state index is 0.0860. The first-order chi connectivity index (χ1) is 19.8. The van der Waals surface area contributed by atoms with Crippen molar-refractivity contribution in [3.63, 3.8) is 0 Å². The summed E-state index contributed by atoms with van der Waals surface area (Å²) < 4.78 is 2.09. The van der Waals surface area contributed by atoms with Gasteiger partial charge in [0.25, 0.3) is 0 Å². The second-order valence-electron chi connectivity index (χ2n) is 9.55. The van der Waals surface area contributed by atoms with Gasteiger partial charge in [0.2, 0.25) is 0 Å². The highest BCUT2D eigenvalue weighted by molar-refractivity contribution is 5.96. The highest BCUT2D eigenvalue weighted by Crippen LogP contribution is 2.37. The van der Waals surface area contributed by atoms with Crippen LogP contribution in [0.15, 0.2) is 140 Å². The van der Waals surface area contributed by atoms with E-state index < -0.39 is 0 Å². The molecule has 5 nitrogen and oxygen atoms in total. The molecule has 4 aromatic carbocycles. The highest BCUT2D eigenvalue weighted by atomic mass is 16.3. The first kappa shape index (κ1) is 23.6. The van der Waals surface area contributed by atoms with Crippen molar-refractivity contribution >= 4 is 11.0 Å². The average molecular weight is 517 g/mol. The normalized spacial score (nSPS) is 11.1. The van der Waals surface area contributed by atoms with Gasteiger partial charge >= 0.3 is 0 Å². The monoisotopic (exact) mass is 516 g/mol. The lowest BCUT2D eigenvalue weighted by Gasteiger charge is -2.10. The lowest BCUT2D eigenvalue weighted by molar-refractivity contribution is 0.474. The van der Waals surface area contributed by atoms with Crippen molar-refractivity contribution < 1.29 is 5.11 Å². The summed E-state index contributed by atoms with van der Waals surface area (Å²) in [5.41, 5.74) is 9.65. The molecule has 0 amide bonds. The number of aromatic hydroxyl groups is 1. The van der Waals surface area contributed by atoms with Crippen LogP contribution >= 0.6 is 0 Å². The summed E-state index contributed by atoms with van der Waals surface area (Å²) in [4.78, 5) is 13.9. The number of hydrogen-bond donors (Lipinski definition) is 1. The van der Waals surface area contributed by atoms with Gasteiger partial charge in [0.1, 0.15) is 11.6 Å². The molecular formula is C35H24N4O. The van der Waals surface area contributed by atoms with Crippen LogP contribution < -0.4 is 0 Å². The Morgan fingerprint density at radius 2 is 1.32 bits per heavy atom. The molecule has 0 radical (unpaired) electrons. The Hall–Kier alpha value is -5.55. The zero-order chi connectivity index (χ0) is 26.9. The van der Waals surface area contributed by atoms with Crippen molar-refractivity contribution in [2.75, 3.05) is 0 Å². The van der Waals surface area contributed by atoms with Gasteiger partial charge in [-0.25, -0.2) is 4.98 Å².